The Morgan fingerprint density at radius 2 is 2.47 bits per heavy atom. The molecule has 0 spiro atoms. The third-order valence-corrected chi connectivity index (χ3v) is 3.14. The van der Waals surface area contributed by atoms with Crippen molar-refractivity contribution in [3.05, 3.63) is 23.7 Å². The van der Waals surface area contributed by atoms with Gasteiger partial charge in [0.05, 0.1) is 6.04 Å². The largest absolute Gasteiger partial charge is 0.465 e. The highest BCUT2D eigenvalue weighted by Crippen LogP contribution is 2.23. The average Bonchev–Trinajstić information content (AvgIpc) is 2.85. The highest BCUT2D eigenvalue weighted by molar-refractivity contribution is 5.10. The predicted octanol–water partition coefficient (Wildman–Crippen LogP) is 1.99. The van der Waals surface area contributed by atoms with Crippen LogP contribution >= 0.6 is 0 Å². The standard InChI is InChI=1S/C12H20N2O/c1-9-5-6-12(15-9)11(13-2)8-10-4-3-7-14-10/h5-6,10-11,13-14H,3-4,7-8H2,1-2H3. The van der Waals surface area contributed by atoms with Gasteiger partial charge in [-0.25, -0.2) is 0 Å². The Bertz CT molecular complexity index is 302. The molecule has 2 rings (SSSR count). The molecule has 84 valence electrons. The molecule has 3 heteroatoms. The normalized spacial score (nSPS) is 23.2. The second kappa shape index (κ2) is 4.81. The minimum atomic E-state index is 0.342. The maximum absolute atomic E-state index is 5.66. The predicted molar refractivity (Wildman–Crippen MR) is 60.9 cm³/mol. The minimum absolute atomic E-state index is 0.342. The monoisotopic (exact) mass is 208 g/mol. The van der Waals surface area contributed by atoms with Crippen molar-refractivity contribution in [2.45, 2.75) is 38.3 Å². The lowest BCUT2D eigenvalue weighted by Gasteiger charge is -2.18. The molecule has 0 aromatic carbocycles. The summed E-state index contributed by atoms with van der Waals surface area (Å²) in [4.78, 5) is 0. The molecule has 2 unspecified atom stereocenters. The molecular formula is C12H20N2O. The van der Waals surface area contributed by atoms with E-state index in [4.69, 9.17) is 4.42 Å². The van der Waals surface area contributed by atoms with Crippen LogP contribution in [0.3, 0.4) is 0 Å². The first-order valence-electron chi connectivity index (χ1n) is 5.76. The molecule has 0 amide bonds. The number of hydrogen-bond acceptors (Lipinski definition) is 3. The van der Waals surface area contributed by atoms with Gasteiger partial charge in [-0.15, -0.1) is 0 Å². The number of hydrogen-bond donors (Lipinski definition) is 2. The van der Waals surface area contributed by atoms with Crippen LogP contribution in [-0.4, -0.2) is 19.6 Å². The molecule has 0 radical (unpaired) electrons. The van der Waals surface area contributed by atoms with Gasteiger partial charge in [0.2, 0.25) is 0 Å². The van der Waals surface area contributed by atoms with Crippen molar-refractivity contribution in [2.24, 2.45) is 0 Å². The van der Waals surface area contributed by atoms with E-state index in [2.05, 4.69) is 16.7 Å². The zero-order valence-electron chi connectivity index (χ0n) is 9.55. The van der Waals surface area contributed by atoms with Crippen molar-refractivity contribution < 1.29 is 4.42 Å². The summed E-state index contributed by atoms with van der Waals surface area (Å²) in [6.45, 7) is 3.16. The van der Waals surface area contributed by atoms with Crippen LogP contribution in [0.1, 0.15) is 36.8 Å². The smallest absolute Gasteiger partial charge is 0.121 e. The maximum Gasteiger partial charge on any atom is 0.121 e. The maximum atomic E-state index is 5.66. The van der Waals surface area contributed by atoms with E-state index in [9.17, 15) is 0 Å². The third kappa shape index (κ3) is 2.61. The Balaban J connectivity index is 1.97. The van der Waals surface area contributed by atoms with Crippen molar-refractivity contribution in [1.29, 1.82) is 0 Å². The van der Waals surface area contributed by atoms with Crippen molar-refractivity contribution >= 4 is 0 Å². The topological polar surface area (TPSA) is 37.2 Å². The molecule has 0 saturated carbocycles. The summed E-state index contributed by atoms with van der Waals surface area (Å²) >= 11 is 0. The van der Waals surface area contributed by atoms with Crippen molar-refractivity contribution in [3.63, 3.8) is 0 Å². The summed E-state index contributed by atoms with van der Waals surface area (Å²) < 4.78 is 5.66. The Labute approximate surface area is 91.2 Å². The number of rotatable bonds is 4. The minimum Gasteiger partial charge on any atom is -0.465 e. The molecule has 2 N–H and O–H groups in total. The molecule has 1 aromatic rings. The molecule has 15 heavy (non-hydrogen) atoms. The molecule has 1 aliphatic rings. The van der Waals surface area contributed by atoms with Gasteiger partial charge in [0.25, 0.3) is 0 Å². The van der Waals surface area contributed by atoms with Crippen LogP contribution in [0.15, 0.2) is 16.5 Å². The fraction of sp³-hybridized carbons (Fsp3) is 0.667. The van der Waals surface area contributed by atoms with E-state index in [1.165, 1.54) is 12.8 Å². The van der Waals surface area contributed by atoms with E-state index in [1.807, 2.05) is 20.0 Å². The van der Waals surface area contributed by atoms with E-state index in [-0.39, 0.29) is 0 Å². The molecular weight excluding hydrogens is 188 g/mol. The molecule has 2 atom stereocenters. The van der Waals surface area contributed by atoms with E-state index in [1.54, 1.807) is 0 Å². The van der Waals surface area contributed by atoms with Crippen LogP contribution in [0.5, 0.6) is 0 Å². The van der Waals surface area contributed by atoms with E-state index in [0.29, 0.717) is 12.1 Å². The SMILES string of the molecule is CNC(CC1CCCN1)c1ccc(C)o1. The van der Waals surface area contributed by atoms with Gasteiger partial charge >= 0.3 is 0 Å². The fourth-order valence-corrected chi connectivity index (χ4v) is 2.26. The van der Waals surface area contributed by atoms with Gasteiger partial charge in [-0.05, 0) is 51.9 Å². The van der Waals surface area contributed by atoms with Crippen LogP contribution in [0.2, 0.25) is 0 Å². The zero-order valence-corrected chi connectivity index (χ0v) is 9.55. The van der Waals surface area contributed by atoms with Gasteiger partial charge in [-0.3, -0.25) is 0 Å². The highest BCUT2D eigenvalue weighted by Gasteiger charge is 2.21. The second-order valence-electron chi connectivity index (χ2n) is 4.32. The first-order valence-corrected chi connectivity index (χ1v) is 5.76. The van der Waals surface area contributed by atoms with Crippen LogP contribution in [0.4, 0.5) is 0 Å². The second-order valence-corrected chi connectivity index (χ2v) is 4.32. The average molecular weight is 208 g/mol. The molecule has 0 aliphatic carbocycles. The van der Waals surface area contributed by atoms with Gasteiger partial charge in [0.1, 0.15) is 11.5 Å². The number of aryl methyl sites for hydroxylation is 1. The Hall–Kier alpha value is -0.800. The number of furan rings is 1. The molecule has 0 bridgehead atoms. The molecule has 2 heterocycles. The summed E-state index contributed by atoms with van der Waals surface area (Å²) in [7, 11) is 2.00. The van der Waals surface area contributed by atoms with E-state index >= 15 is 0 Å². The fourth-order valence-electron chi connectivity index (χ4n) is 2.26. The summed E-state index contributed by atoms with van der Waals surface area (Å²) in [5, 5.41) is 6.84. The summed E-state index contributed by atoms with van der Waals surface area (Å²) in [5.74, 6) is 2.05. The van der Waals surface area contributed by atoms with Gasteiger partial charge in [0, 0.05) is 6.04 Å². The molecule has 3 nitrogen and oxygen atoms in total. The third-order valence-electron chi connectivity index (χ3n) is 3.14. The van der Waals surface area contributed by atoms with Crippen molar-refractivity contribution in [1.82, 2.24) is 10.6 Å². The molecule has 1 saturated heterocycles. The van der Waals surface area contributed by atoms with Gasteiger partial charge in [0.15, 0.2) is 0 Å². The van der Waals surface area contributed by atoms with E-state index < -0.39 is 0 Å². The summed E-state index contributed by atoms with van der Waals surface area (Å²) in [5.41, 5.74) is 0. The molecule has 1 aliphatic heterocycles. The first kappa shape index (κ1) is 10.7. The zero-order chi connectivity index (χ0) is 10.7. The lowest BCUT2D eigenvalue weighted by atomic mass is 10.0. The Morgan fingerprint density at radius 1 is 1.60 bits per heavy atom. The quantitative estimate of drug-likeness (QED) is 0.794. The first-order chi connectivity index (χ1) is 7.29. The van der Waals surface area contributed by atoms with Crippen LogP contribution in [0.25, 0.3) is 0 Å². The Kier molecular flexibility index (Phi) is 3.44. The highest BCUT2D eigenvalue weighted by atomic mass is 16.3. The summed E-state index contributed by atoms with van der Waals surface area (Å²) in [6, 6.07) is 5.09. The Morgan fingerprint density at radius 3 is 3.00 bits per heavy atom. The van der Waals surface area contributed by atoms with Crippen LogP contribution in [-0.2, 0) is 0 Å². The van der Waals surface area contributed by atoms with Crippen LogP contribution < -0.4 is 10.6 Å². The van der Waals surface area contributed by atoms with Gasteiger partial charge < -0.3 is 15.1 Å². The number of nitrogens with one attached hydrogen (secondary N) is 2. The molecule has 1 aromatic heterocycles. The summed E-state index contributed by atoms with van der Waals surface area (Å²) in [6.07, 6.45) is 3.71. The van der Waals surface area contributed by atoms with Crippen molar-refractivity contribution in [2.75, 3.05) is 13.6 Å². The molecule has 1 fully saturated rings. The lowest BCUT2D eigenvalue weighted by molar-refractivity contribution is 0.371. The van der Waals surface area contributed by atoms with Gasteiger partial charge in [-0.2, -0.15) is 0 Å². The van der Waals surface area contributed by atoms with Crippen molar-refractivity contribution in [3.8, 4) is 0 Å². The van der Waals surface area contributed by atoms with Gasteiger partial charge in [-0.1, -0.05) is 0 Å². The van der Waals surface area contributed by atoms with Crippen LogP contribution in [0, 0.1) is 6.92 Å². The lowest BCUT2D eigenvalue weighted by Crippen LogP contribution is -2.28. The van der Waals surface area contributed by atoms with E-state index in [0.717, 1.165) is 24.5 Å².